The maximum atomic E-state index is 12.4. The average Bonchev–Trinajstić information content (AvgIpc) is 2.65. The first-order chi connectivity index (χ1) is 12.1. The quantitative estimate of drug-likeness (QED) is 0.764. The molecule has 0 aliphatic carbocycles. The number of nitrogens with zero attached hydrogens (tertiary/aromatic N) is 2. The SMILES string of the molecule is CCN(CCOc1ccccc1Cl)C(=O)NC[C@H](C)N1CCOCC1. The molecule has 25 heavy (non-hydrogen) atoms. The smallest absolute Gasteiger partial charge is 0.317 e. The summed E-state index contributed by atoms with van der Waals surface area (Å²) in [5.41, 5.74) is 0. The van der Waals surface area contributed by atoms with Crippen molar-refractivity contribution in [3.63, 3.8) is 0 Å². The first-order valence-electron chi connectivity index (χ1n) is 8.83. The van der Waals surface area contributed by atoms with Gasteiger partial charge in [0.05, 0.1) is 24.8 Å². The third-order valence-corrected chi connectivity index (χ3v) is 4.65. The van der Waals surface area contributed by atoms with Gasteiger partial charge in [-0.3, -0.25) is 4.90 Å². The van der Waals surface area contributed by atoms with Gasteiger partial charge in [-0.1, -0.05) is 23.7 Å². The van der Waals surface area contributed by atoms with E-state index in [4.69, 9.17) is 21.1 Å². The normalized spacial score (nSPS) is 16.3. The zero-order chi connectivity index (χ0) is 18.1. The Morgan fingerprint density at radius 2 is 2.12 bits per heavy atom. The fourth-order valence-electron chi connectivity index (χ4n) is 2.73. The lowest BCUT2D eigenvalue weighted by molar-refractivity contribution is 0.0206. The summed E-state index contributed by atoms with van der Waals surface area (Å²) >= 11 is 6.06. The van der Waals surface area contributed by atoms with E-state index in [1.807, 2.05) is 25.1 Å². The molecule has 0 saturated carbocycles. The summed E-state index contributed by atoms with van der Waals surface area (Å²) in [6, 6.07) is 7.57. The zero-order valence-corrected chi connectivity index (χ0v) is 15.8. The number of likely N-dealkylation sites (N-methyl/N-ethyl adjacent to an activating group) is 1. The number of hydrogen-bond acceptors (Lipinski definition) is 4. The number of carbonyl (C=O) groups excluding carboxylic acids is 1. The Hall–Kier alpha value is -1.50. The van der Waals surface area contributed by atoms with Crippen LogP contribution in [0.5, 0.6) is 5.75 Å². The van der Waals surface area contributed by atoms with Crippen LogP contribution >= 0.6 is 11.6 Å². The molecule has 0 spiro atoms. The van der Waals surface area contributed by atoms with Crippen LogP contribution in [-0.2, 0) is 4.74 Å². The Kier molecular flexibility index (Phi) is 8.31. The Labute approximate surface area is 155 Å². The lowest BCUT2D eigenvalue weighted by Crippen LogP contribution is -2.50. The maximum absolute atomic E-state index is 12.4. The monoisotopic (exact) mass is 369 g/mol. The van der Waals surface area contributed by atoms with Gasteiger partial charge in [-0.25, -0.2) is 4.79 Å². The van der Waals surface area contributed by atoms with E-state index in [-0.39, 0.29) is 6.03 Å². The highest BCUT2D eigenvalue weighted by molar-refractivity contribution is 6.32. The van der Waals surface area contributed by atoms with Crippen molar-refractivity contribution >= 4 is 17.6 Å². The van der Waals surface area contributed by atoms with Crippen LogP contribution in [0.25, 0.3) is 0 Å². The fourth-order valence-corrected chi connectivity index (χ4v) is 2.92. The van der Waals surface area contributed by atoms with E-state index in [2.05, 4.69) is 17.1 Å². The minimum atomic E-state index is -0.0645. The molecule has 2 amide bonds. The van der Waals surface area contributed by atoms with E-state index in [9.17, 15) is 4.79 Å². The van der Waals surface area contributed by atoms with E-state index >= 15 is 0 Å². The van der Waals surface area contributed by atoms with Gasteiger partial charge >= 0.3 is 6.03 Å². The van der Waals surface area contributed by atoms with Gasteiger partial charge in [0.15, 0.2) is 0 Å². The molecule has 7 heteroatoms. The summed E-state index contributed by atoms with van der Waals surface area (Å²) in [5, 5.41) is 3.59. The van der Waals surface area contributed by atoms with Crippen molar-refractivity contribution in [1.82, 2.24) is 15.1 Å². The highest BCUT2D eigenvalue weighted by Crippen LogP contribution is 2.22. The van der Waals surface area contributed by atoms with Crippen molar-refractivity contribution < 1.29 is 14.3 Å². The van der Waals surface area contributed by atoms with Crippen molar-refractivity contribution in [2.24, 2.45) is 0 Å². The second kappa shape index (κ2) is 10.5. The molecule has 1 saturated heterocycles. The molecule has 0 aromatic heterocycles. The fraction of sp³-hybridized carbons (Fsp3) is 0.611. The second-order valence-electron chi connectivity index (χ2n) is 6.04. The van der Waals surface area contributed by atoms with Crippen LogP contribution in [0.3, 0.4) is 0 Å². The van der Waals surface area contributed by atoms with E-state index in [0.29, 0.717) is 43.1 Å². The molecule has 1 aliphatic heterocycles. The summed E-state index contributed by atoms with van der Waals surface area (Å²) in [6.45, 7) is 9.62. The standard InChI is InChI=1S/C18H28ClN3O3/c1-3-21(10-13-25-17-7-5-4-6-16(17)19)18(23)20-14-15(2)22-8-11-24-12-9-22/h4-7,15H,3,8-14H2,1-2H3,(H,20,23)/t15-/m0/s1. The van der Waals surface area contributed by atoms with E-state index in [1.165, 1.54) is 0 Å². The summed E-state index contributed by atoms with van der Waals surface area (Å²) in [7, 11) is 0. The molecule has 0 unspecified atom stereocenters. The number of urea groups is 1. The van der Waals surface area contributed by atoms with Gasteiger partial charge in [0.1, 0.15) is 12.4 Å². The molecule has 1 aromatic carbocycles. The van der Waals surface area contributed by atoms with Gasteiger partial charge in [0.25, 0.3) is 0 Å². The maximum Gasteiger partial charge on any atom is 0.317 e. The van der Waals surface area contributed by atoms with Crippen LogP contribution in [0.2, 0.25) is 5.02 Å². The summed E-state index contributed by atoms with van der Waals surface area (Å²) in [4.78, 5) is 16.4. The number of hydrogen-bond donors (Lipinski definition) is 1. The summed E-state index contributed by atoms with van der Waals surface area (Å²) < 4.78 is 11.0. The largest absolute Gasteiger partial charge is 0.490 e. The number of nitrogens with one attached hydrogen (secondary N) is 1. The van der Waals surface area contributed by atoms with Crippen LogP contribution in [0.1, 0.15) is 13.8 Å². The minimum Gasteiger partial charge on any atom is -0.490 e. The summed E-state index contributed by atoms with van der Waals surface area (Å²) in [5.74, 6) is 0.640. The molecule has 1 heterocycles. The Balaban J connectivity index is 1.71. The molecule has 2 rings (SSSR count). The number of ether oxygens (including phenoxy) is 2. The molecule has 140 valence electrons. The van der Waals surface area contributed by atoms with Gasteiger partial charge in [0, 0.05) is 32.2 Å². The van der Waals surface area contributed by atoms with Gasteiger partial charge in [-0.05, 0) is 26.0 Å². The van der Waals surface area contributed by atoms with E-state index in [0.717, 1.165) is 26.3 Å². The molecule has 1 aliphatic rings. The molecule has 1 atom stereocenters. The lowest BCUT2D eigenvalue weighted by atomic mass is 10.2. The average molecular weight is 370 g/mol. The number of para-hydroxylation sites is 1. The number of carbonyl (C=O) groups is 1. The summed E-state index contributed by atoms with van der Waals surface area (Å²) in [6.07, 6.45) is 0. The molecule has 0 bridgehead atoms. The Morgan fingerprint density at radius 1 is 1.40 bits per heavy atom. The first kappa shape index (κ1) is 19.8. The van der Waals surface area contributed by atoms with E-state index < -0.39 is 0 Å². The lowest BCUT2D eigenvalue weighted by Gasteiger charge is -2.32. The third kappa shape index (κ3) is 6.38. The van der Waals surface area contributed by atoms with Crippen molar-refractivity contribution in [3.8, 4) is 5.75 Å². The second-order valence-corrected chi connectivity index (χ2v) is 6.45. The molecule has 1 aromatic rings. The highest BCUT2D eigenvalue weighted by Gasteiger charge is 2.19. The number of amides is 2. The molecular weight excluding hydrogens is 342 g/mol. The van der Waals surface area contributed by atoms with Crippen molar-refractivity contribution in [2.45, 2.75) is 19.9 Å². The van der Waals surface area contributed by atoms with Gasteiger partial charge in [0.2, 0.25) is 0 Å². The Bertz CT molecular complexity index is 538. The zero-order valence-electron chi connectivity index (χ0n) is 15.0. The topological polar surface area (TPSA) is 54.0 Å². The van der Waals surface area contributed by atoms with Gasteiger partial charge < -0.3 is 19.7 Å². The predicted molar refractivity (Wildman–Crippen MR) is 99.4 cm³/mol. The van der Waals surface area contributed by atoms with Crippen LogP contribution < -0.4 is 10.1 Å². The van der Waals surface area contributed by atoms with Crippen LogP contribution in [0.4, 0.5) is 4.79 Å². The number of halogens is 1. The molecular formula is C18H28ClN3O3. The number of morpholine rings is 1. The van der Waals surface area contributed by atoms with Crippen molar-refractivity contribution in [1.29, 1.82) is 0 Å². The first-order valence-corrected chi connectivity index (χ1v) is 9.21. The van der Waals surface area contributed by atoms with Gasteiger partial charge in [-0.15, -0.1) is 0 Å². The predicted octanol–water partition coefficient (Wildman–Crippen LogP) is 2.47. The third-order valence-electron chi connectivity index (χ3n) is 4.34. The molecule has 6 nitrogen and oxygen atoms in total. The van der Waals surface area contributed by atoms with E-state index in [1.54, 1.807) is 11.0 Å². The molecule has 0 radical (unpaired) electrons. The number of benzene rings is 1. The minimum absolute atomic E-state index is 0.0645. The van der Waals surface area contributed by atoms with Crippen molar-refractivity contribution in [3.05, 3.63) is 29.3 Å². The Morgan fingerprint density at radius 3 is 2.80 bits per heavy atom. The van der Waals surface area contributed by atoms with Crippen LogP contribution in [-0.4, -0.2) is 74.4 Å². The van der Waals surface area contributed by atoms with Crippen molar-refractivity contribution in [2.75, 3.05) is 52.5 Å². The molecule has 1 fully saturated rings. The van der Waals surface area contributed by atoms with Crippen LogP contribution in [0.15, 0.2) is 24.3 Å². The van der Waals surface area contributed by atoms with Gasteiger partial charge in [-0.2, -0.15) is 0 Å². The van der Waals surface area contributed by atoms with Crippen LogP contribution in [0, 0.1) is 0 Å². The highest BCUT2D eigenvalue weighted by atomic mass is 35.5. The number of rotatable bonds is 8. The molecule has 1 N–H and O–H groups in total.